The number of alkyl halides is 3. The molecule has 1 aromatic heterocycles. The molecule has 0 aliphatic carbocycles. The molecule has 14 heavy (non-hydrogen) atoms. The van der Waals surface area contributed by atoms with Gasteiger partial charge in [0, 0.05) is 7.05 Å². The topological polar surface area (TPSA) is 30.7 Å². The summed E-state index contributed by atoms with van der Waals surface area (Å²) in [4.78, 5) is 0. The Morgan fingerprint density at radius 2 is 2.00 bits per heavy atom. The first-order chi connectivity index (χ1) is 6.48. The number of aryl methyl sites for hydroxylation is 1. The van der Waals surface area contributed by atoms with Crippen molar-refractivity contribution in [2.45, 2.75) is 6.18 Å². The molecule has 3 nitrogen and oxygen atoms in total. The zero-order valence-electron chi connectivity index (χ0n) is 7.21. The van der Waals surface area contributed by atoms with Crippen LogP contribution in [0.4, 0.5) is 13.2 Å². The van der Waals surface area contributed by atoms with E-state index in [1.54, 1.807) is 7.05 Å². The largest absolute Gasteiger partial charge is 0.416 e. The quantitative estimate of drug-likeness (QED) is 0.652. The summed E-state index contributed by atoms with van der Waals surface area (Å²) >= 11 is 0. The second kappa shape index (κ2) is 2.70. The van der Waals surface area contributed by atoms with E-state index in [-0.39, 0.29) is 5.52 Å². The van der Waals surface area contributed by atoms with E-state index in [1.807, 2.05) is 0 Å². The predicted molar refractivity (Wildman–Crippen MR) is 43.5 cm³/mol. The third-order valence-corrected chi connectivity index (χ3v) is 1.94. The molecule has 74 valence electrons. The van der Waals surface area contributed by atoms with Crippen LogP contribution in [-0.4, -0.2) is 15.0 Å². The van der Waals surface area contributed by atoms with Crippen LogP contribution in [0.3, 0.4) is 0 Å². The van der Waals surface area contributed by atoms with Crippen molar-refractivity contribution in [2.75, 3.05) is 0 Å². The van der Waals surface area contributed by atoms with Gasteiger partial charge in [-0.1, -0.05) is 5.21 Å². The molecule has 1 aromatic carbocycles. The molecule has 0 unspecified atom stereocenters. The third-order valence-electron chi connectivity index (χ3n) is 1.94. The van der Waals surface area contributed by atoms with Gasteiger partial charge in [0.1, 0.15) is 5.52 Å². The number of hydrogen-bond donors (Lipinski definition) is 0. The molecule has 0 aliphatic rings. The zero-order chi connectivity index (χ0) is 10.3. The van der Waals surface area contributed by atoms with Crippen molar-refractivity contribution in [3.8, 4) is 0 Å². The van der Waals surface area contributed by atoms with Crippen molar-refractivity contribution < 1.29 is 13.2 Å². The first-order valence-electron chi connectivity index (χ1n) is 3.85. The van der Waals surface area contributed by atoms with Gasteiger partial charge in [0.25, 0.3) is 0 Å². The number of halogens is 3. The molecule has 2 aromatic rings. The van der Waals surface area contributed by atoms with E-state index >= 15 is 0 Å². The highest BCUT2D eigenvalue weighted by atomic mass is 19.4. The molecule has 0 bridgehead atoms. The number of hydrogen-bond acceptors (Lipinski definition) is 2. The van der Waals surface area contributed by atoms with Gasteiger partial charge in [0.05, 0.1) is 11.1 Å². The minimum absolute atomic E-state index is 0.252. The number of benzene rings is 1. The van der Waals surface area contributed by atoms with Crippen LogP contribution < -0.4 is 0 Å². The van der Waals surface area contributed by atoms with E-state index in [0.717, 1.165) is 12.1 Å². The van der Waals surface area contributed by atoms with Gasteiger partial charge >= 0.3 is 6.18 Å². The van der Waals surface area contributed by atoms with Crippen molar-refractivity contribution in [1.29, 1.82) is 0 Å². The van der Waals surface area contributed by atoms with Crippen molar-refractivity contribution in [2.24, 2.45) is 7.05 Å². The van der Waals surface area contributed by atoms with Crippen molar-refractivity contribution in [3.63, 3.8) is 0 Å². The van der Waals surface area contributed by atoms with Gasteiger partial charge in [-0.15, -0.1) is 5.10 Å². The Bertz CT molecular complexity index is 472. The van der Waals surface area contributed by atoms with Crippen LogP contribution in [0, 0.1) is 0 Å². The minimum Gasteiger partial charge on any atom is -0.248 e. The van der Waals surface area contributed by atoms with Gasteiger partial charge in [-0.05, 0) is 18.2 Å². The fourth-order valence-corrected chi connectivity index (χ4v) is 1.22. The normalized spacial score (nSPS) is 12.3. The smallest absolute Gasteiger partial charge is 0.248 e. The van der Waals surface area contributed by atoms with Crippen LogP contribution >= 0.6 is 0 Å². The maximum atomic E-state index is 12.3. The SMILES string of the molecule is Cn1nnc2cc(C(F)(F)F)ccc21. The van der Waals surface area contributed by atoms with E-state index < -0.39 is 11.7 Å². The molecule has 0 radical (unpaired) electrons. The lowest BCUT2D eigenvalue weighted by Gasteiger charge is -2.05. The standard InChI is InChI=1S/C8H6F3N3/c1-14-7-3-2-5(8(9,10)11)4-6(7)12-13-14/h2-4H,1H3. The van der Waals surface area contributed by atoms with Gasteiger partial charge in [0.2, 0.25) is 0 Å². The Labute approximate surface area is 77.1 Å². The van der Waals surface area contributed by atoms with Crippen LogP contribution in [0.1, 0.15) is 5.56 Å². The van der Waals surface area contributed by atoms with E-state index in [2.05, 4.69) is 10.3 Å². The molecular formula is C8H6F3N3. The van der Waals surface area contributed by atoms with Gasteiger partial charge in [-0.2, -0.15) is 13.2 Å². The summed E-state index contributed by atoms with van der Waals surface area (Å²) in [5.41, 5.74) is 0.130. The van der Waals surface area contributed by atoms with Crippen LogP contribution in [-0.2, 0) is 13.2 Å². The Morgan fingerprint density at radius 1 is 1.29 bits per heavy atom. The molecule has 0 saturated heterocycles. The van der Waals surface area contributed by atoms with Gasteiger partial charge < -0.3 is 0 Å². The molecule has 0 saturated carbocycles. The highest BCUT2D eigenvalue weighted by molar-refractivity contribution is 5.75. The summed E-state index contributed by atoms with van der Waals surface area (Å²) in [6, 6.07) is 3.37. The van der Waals surface area contributed by atoms with Crippen LogP contribution in [0.15, 0.2) is 18.2 Å². The maximum Gasteiger partial charge on any atom is 0.416 e. The average Bonchev–Trinajstić information content (AvgIpc) is 2.46. The number of nitrogens with zero attached hydrogens (tertiary/aromatic N) is 3. The second-order valence-electron chi connectivity index (χ2n) is 2.91. The number of rotatable bonds is 0. The molecule has 0 fully saturated rings. The van der Waals surface area contributed by atoms with Crippen molar-refractivity contribution in [1.82, 2.24) is 15.0 Å². The summed E-state index contributed by atoms with van der Waals surface area (Å²) in [7, 11) is 1.63. The Balaban J connectivity index is 2.63. The molecule has 0 atom stereocenters. The summed E-state index contributed by atoms with van der Waals surface area (Å²) in [5, 5.41) is 7.22. The Morgan fingerprint density at radius 3 is 2.64 bits per heavy atom. The van der Waals surface area contributed by atoms with Gasteiger partial charge in [-0.25, -0.2) is 4.68 Å². The van der Waals surface area contributed by atoms with E-state index in [0.29, 0.717) is 5.52 Å². The molecular weight excluding hydrogens is 195 g/mol. The Kier molecular flexibility index (Phi) is 1.73. The second-order valence-corrected chi connectivity index (χ2v) is 2.91. The Hall–Kier alpha value is -1.59. The molecule has 1 heterocycles. The summed E-state index contributed by atoms with van der Waals surface area (Å²) < 4.78 is 38.2. The van der Waals surface area contributed by atoms with Crippen LogP contribution in [0.25, 0.3) is 11.0 Å². The summed E-state index contributed by atoms with van der Waals surface area (Å²) in [5.74, 6) is 0. The lowest BCUT2D eigenvalue weighted by atomic mass is 10.2. The molecule has 0 N–H and O–H groups in total. The summed E-state index contributed by atoms with van der Waals surface area (Å²) in [6.45, 7) is 0. The molecule has 0 aliphatic heterocycles. The fourth-order valence-electron chi connectivity index (χ4n) is 1.22. The summed E-state index contributed by atoms with van der Waals surface area (Å²) in [6.07, 6.45) is -4.33. The van der Waals surface area contributed by atoms with Crippen LogP contribution in [0.2, 0.25) is 0 Å². The van der Waals surface area contributed by atoms with Crippen molar-refractivity contribution in [3.05, 3.63) is 23.8 Å². The predicted octanol–water partition coefficient (Wildman–Crippen LogP) is 1.99. The van der Waals surface area contributed by atoms with Crippen molar-refractivity contribution >= 4 is 11.0 Å². The molecule has 6 heteroatoms. The van der Waals surface area contributed by atoms with E-state index in [9.17, 15) is 13.2 Å². The average molecular weight is 201 g/mol. The van der Waals surface area contributed by atoms with Gasteiger partial charge in [0.15, 0.2) is 0 Å². The fraction of sp³-hybridized carbons (Fsp3) is 0.250. The molecule has 0 amide bonds. The highest BCUT2D eigenvalue weighted by Crippen LogP contribution is 2.30. The lowest BCUT2D eigenvalue weighted by molar-refractivity contribution is -0.137. The van der Waals surface area contributed by atoms with Gasteiger partial charge in [-0.3, -0.25) is 0 Å². The molecule has 0 spiro atoms. The highest BCUT2D eigenvalue weighted by Gasteiger charge is 2.30. The third kappa shape index (κ3) is 1.32. The molecule has 2 rings (SSSR count). The number of aromatic nitrogens is 3. The van der Waals surface area contributed by atoms with E-state index in [1.165, 1.54) is 10.7 Å². The lowest BCUT2D eigenvalue weighted by Crippen LogP contribution is -2.04. The first kappa shape index (κ1) is 8.98. The van der Waals surface area contributed by atoms with Crippen LogP contribution in [0.5, 0.6) is 0 Å². The monoisotopic (exact) mass is 201 g/mol. The first-order valence-corrected chi connectivity index (χ1v) is 3.85. The zero-order valence-corrected chi connectivity index (χ0v) is 7.21. The minimum atomic E-state index is -4.33. The van der Waals surface area contributed by atoms with E-state index in [4.69, 9.17) is 0 Å². The number of fused-ring (bicyclic) bond motifs is 1. The maximum absolute atomic E-state index is 12.3.